The molecule has 1 N–H and O–H groups in total. The lowest BCUT2D eigenvalue weighted by Crippen LogP contribution is -2.51. The highest BCUT2D eigenvalue weighted by Gasteiger charge is 2.32. The molecule has 1 amide bonds. The molecule has 1 aromatic heterocycles. The van der Waals surface area contributed by atoms with Gasteiger partial charge in [-0.2, -0.15) is 5.10 Å². The Hall–Kier alpha value is -2.67. The number of aromatic nitrogens is 2. The van der Waals surface area contributed by atoms with Crippen molar-refractivity contribution in [2.45, 2.75) is 44.7 Å². The van der Waals surface area contributed by atoms with Crippen molar-refractivity contribution in [1.29, 1.82) is 0 Å². The third-order valence-electron chi connectivity index (χ3n) is 6.34. The van der Waals surface area contributed by atoms with E-state index in [9.17, 15) is 9.59 Å². The van der Waals surface area contributed by atoms with Gasteiger partial charge in [-0.3, -0.25) is 9.59 Å². The first-order chi connectivity index (χ1) is 14.6. The van der Waals surface area contributed by atoms with E-state index in [0.717, 1.165) is 17.7 Å². The van der Waals surface area contributed by atoms with Crippen molar-refractivity contribution in [2.75, 3.05) is 26.7 Å². The number of benzene rings is 1. The third-order valence-corrected chi connectivity index (χ3v) is 6.34. The van der Waals surface area contributed by atoms with Crippen molar-refractivity contribution >= 4 is 5.91 Å². The Labute approximate surface area is 177 Å². The largest absolute Gasteiger partial charge is 0.497 e. The molecule has 0 spiro atoms. The normalized spacial score (nSPS) is 21.6. The van der Waals surface area contributed by atoms with Crippen LogP contribution in [0.25, 0.3) is 11.3 Å². The summed E-state index contributed by atoms with van der Waals surface area (Å²) in [7, 11) is 1.62. The van der Waals surface area contributed by atoms with E-state index >= 15 is 0 Å². The Balaban J connectivity index is 1.38. The SMILES string of the molecule is COc1ccc(-c2ccc(=O)n(CC(=O)NCC3CCCN4CCCCC34)n2)cc1. The summed E-state index contributed by atoms with van der Waals surface area (Å²) < 4.78 is 6.42. The van der Waals surface area contributed by atoms with Crippen LogP contribution in [0, 0.1) is 5.92 Å². The molecule has 2 aliphatic heterocycles. The van der Waals surface area contributed by atoms with Gasteiger partial charge < -0.3 is 15.0 Å². The quantitative estimate of drug-likeness (QED) is 0.791. The zero-order chi connectivity index (χ0) is 20.9. The number of methoxy groups -OCH3 is 1. The molecule has 0 radical (unpaired) electrons. The van der Waals surface area contributed by atoms with Gasteiger partial charge >= 0.3 is 0 Å². The summed E-state index contributed by atoms with van der Waals surface area (Å²) in [4.78, 5) is 27.4. The number of nitrogens with one attached hydrogen (secondary N) is 1. The van der Waals surface area contributed by atoms with Gasteiger partial charge in [-0.25, -0.2) is 4.68 Å². The maximum atomic E-state index is 12.6. The first-order valence-corrected chi connectivity index (χ1v) is 10.9. The van der Waals surface area contributed by atoms with Crippen LogP contribution in [0.2, 0.25) is 0 Å². The number of hydrogen-bond acceptors (Lipinski definition) is 5. The molecule has 0 saturated carbocycles. The van der Waals surface area contributed by atoms with Crippen LogP contribution in [-0.2, 0) is 11.3 Å². The Kier molecular flexibility index (Phi) is 6.47. The lowest BCUT2D eigenvalue weighted by Gasteiger charge is -2.44. The molecule has 2 atom stereocenters. The highest BCUT2D eigenvalue weighted by Crippen LogP contribution is 2.30. The third kappa shape index (κ3) is 4.73. The van der Waals surface area contributed by atoms with E-state index in [2.05, 4.69) is 15.3 Å². The summed E-state index contributed by atoms with van der Waals surface area (Å²) >= 11 is 0. The molecular weight excluding hydrogens is 380 g/mol. The van der Waals surface area contributed by atoms with Crippen LogP contribution >= 0.6 is 0 Å². The summed E-state index contributed by atoms with van der Waals surface area (Å²) in [5.41, 5.74) is 1.23. The van der Waals surface area contributed by atoms with Gasteiger partial charge in [0.1, 0.15) is 12.3 Å². The highest BCUT2D eigenvalue weighted by atomic mass is 16.5. The lowest BCUT2D eigenvalue weighted by atomic mass is 9.83. The molecule has 2 fully saturated rings. The predicted molar refractivity (Wildman–Crippen MR) is 115 cm³/mol. The second kappa shape index (κ2) is 9.43. The summed E-state index contributed by atoms with van der Waals surface area (Å²) in [5.74, 6) is 1.09. The molecule has 1 aromatic carbocycles. The topological polar surface area (TPSA) is 76.5 Å². The van der Waals surface area contributed by atoms with E-state index in [4.69, 9.17) is 4.74 Å². The van der Waals surface area contributed by atoms with E-state index in [1.807, 2.05) is 24.3 Å². The number of nitrogens with zero attached hydrogens (tertiary/aromatic N) is 3. The molecule has 0 bridgehead atoms. The van der Waals surface area contributed by atoms with E-state index in [-0.39, 0.29) is 18.0 Å². The molecule has 160 valence electrons. The van der Waals surface area contributed by atoms with Crippen molar-refractivity contribution in [2.24, 2.45) is 5.92 Å². The first-order valence-electron chi connectivity index (χ1n) is 10.9. The Bertz CT molecular complexity index is 923. The molecule has 2 unspecified atom stereocenters. The van der Waals surface area contributed by atoms with Crippen LogP contribution in [0.4, 0.5) is 0 Å². The average molecular weight is 411 g/mol. The van der Waals surface area contributed by atoms with Crippen molar-refractivity contribution in [3.63, 3.8) is 0 Å². The zero-order valence-corrected chi connectivity index (χ0v) is 17.5. The minimum atomic E-state index is -0.279. The Morgan fingerprint density at radius 1 is 1.10 bits per heavy atom. The molecule has 2 aliphatic rings. The molecule has 0 aliphatic carbocycles. The van der Waals surface area contributed by atoms with Gasteiger partial charge in [-0.1, -0.05) is 6.42 Å². The molecule has 7 nitrogen and oxygen atoms in total. The van der Waals surface area contributed by atoms with Crippen molar-refractivity contribution in [3.8, 4) is 17.0 Å². The molecule has 30 heavy (non-hydrogen) atoms. The molecule has 2 saturated heterocycles. The van der Waals surface area contributed by atoms with Gasteiger partial charge in [0.25, 0.3) is 5.56 Å². The number of amides is 1. The fourth-order valence-electron chi connectivity index (χ4n) is 4.73. The number of fused-ring (bicyclic) bond motifs is 1. The summed E-state index contributed by atoms with van der Waals surface area (Å²) in [6, 6.07) is 11.2. The van der Waals surface area contributed by atoms with Gasteiger partial charge in [0.2, 0.25) is 5.91 Å². The van der Waals surface area contributed by atoms with Crippen LogP contribution in [0.5, 0.6) is 5.75 Å². The van der Waals surface area contributed by atoms with Crippen molar-refractivity contribution < 1.29 is 9.53 Å². The lowest BCUT2D eigenvalue weighted by molar-refractivity contribution is -0.122. The minimum absolute atomic E-state index is 0.0655. The average Bonchev–Trinajstić information content (AvgIpc) is 2.79. The maximum absolute atomic E-state index is 12.6. The van der Waals surface area contributed by atoms with E-state index < -0.39 is 0 Å². The number of hydrogen-bond donors (Lipinski definition) is 1. The van der Waals surface area contributed by atoms with Crippen molar-refractivity contribution in [1.82, 2.24) is 20.0 Å². The van der Waals surface area contributed by atoms with Gasteiger partial charge in [-0.15, -0.1) is 0 Å². The fourth-order valence-corrected chi connectivity index (χ4v) is 4.73. The van der Waals surface area contributed by atoms with Crippen LogP contribution in [-0.4, -0.2) is 53.4 Å². The van der Waals surface area contributed by atoms with Crippen LogP contribution in [0.15, 0.2) is 41.2 Å². The highest BCUT2D eigenvalue weighted by molar-refractivity contribution is 5.75. The number of ether oxygens (including phenoxy) is 1. The van der Waals surface area contributed by atoms with E-state index in [1.165, 1.54) is 49.5 Å². The molecule has 4 rings (SSSR count). The Morgan fingerprint density at radius 3 is 2.70 bits per heavy atom. The van der Waals surface area contributed by atoms with Crippen LogP contribution < -0.4 is 15.6 Å². The first kappa shape index (κ1) is 20.6. The number of piperidine rings is 2. The molecular formula is C23H30N4O3. The van der Waals surface area contributed by atoms with Crippen molar-refractivity contribution in [3.05, 3.63) is 46.8 Å². The van der Waals surface area contributed by atoms with E-state index in [0.29, 0.717) is 24.2 Å². The summed E-state index contributed by atoms with van der Waals surface area (Å²) in [6.45, 7) is 2.98. The second-order valence-corrected chi connectivity index (χ2v) is 8.25. The summed E-state index contributed by atoms with van der Waals surface area (Å²) in [6.07, 6.45) is 6.15. The number of carbonyl (C=O) groups excluding carboxylic acids is 1. The fraction of sp³-hybridized carbons (Fsp3) is 0.522. The number of carbonyl (C=O) groups is 1. The van der Waals surface area contributed by atoms with Crippen LogP contribution in [0.3, 0.4) is 0 Å². The predicted octanol–water partition coefficient (Wildman–Crippen LogP) is 2.30. The standard InChI is InChI=1S/C23H30N4O3/c1-30-19-9-7-17(8-10-19)20-11-12-23(29)27(25-20)16-22(28)24-15-18-5-4-14-26-13-3-2-6-21(18)26/h7-12,18,21H,2-6,13-16H2,1H3,(H,24,28). The van der Waals surface area contributed by atoms with Crippen LogP contribution in [0.1, 0.15) is 32.1 Å². The number of rotatable bonds is 6. The summed E-state index contributed by atoms with van der Waals surface area (Å²) in [5, 5.41) is 7.45. The molecule has 2 aromatic rings. The Morgan fingerprint density at radius 2 is 1.90 bits per heavy atom. The maximum Gasteiger partial charge on any atom is 0.267 e. The molecule has 3 heterocycles. The monoisotopic (exact) mass is 410 g/mol. The molecule has 7 heteroatoms. The van der Waals surface area contributed by atoms with Gasteiger partial charge in [-0.05, 0) is 75.0 Å². The smallest absolute Gasteiger partial charge is 0.267 e. The van der Waals surface area contributed by atoms with Gasteiger partial charge in [0.05, 0.1) is 12.8 Å². The van der Waals surface area contributed by atoms with E-state index in [1.54, 1.807) is 13.2 Å². The zero-order valence-electron chi connectivity index (χ0n) is 17.5. The second-order valence-electron chi connectivity index (χ2n) is 8.25. The van der Waals surface area contributed by atoms with Gasteiger partial charge in [0, 0.05) is 24.2 Å². The minimum Gasteiger partial charge on any atom is -0.497 e. The van der Waals surface area contributed by atoms with Gasteiger partial charge in [0.15, 0.2) is 0 Å².